The average molecular weight is 704 g/mol. The Labute approximate surface area is 290 Å². The topological polar surface area (TPSA) is 217 Å². The van der Waals surface area contributed by atoms with E-state index >= 15 is 0 Å². The molecule has 1 spiro atoms. The molecule has 50 heavy (non-hydrogen) atoms. The molecule has 3 aliphatic heterocycles. The summed E-state index contributed by atoms with van der Waals surface area (Å²) in [5.41, 5.74) is 1.14. The van der Waals surface area contributed by atoms with Gasteiger partial charge in [0.05, 0.1) is 29.6 Å². The summed E-state index contributed by atoms with van der Waals surface area (Å²) in [6, 6.07) is -0.841. The van der Waals surface area contributed by atoms with Crippen molar-refractivity contribution in [3.05, 3.63) is 0 Å². The maximum absolute atomic E-state index is 13.9. The number of hydrogen-bond acceptors (Lipinski definition) is 14. The van der Waals surface area contributed by atoms with Gasteiger partial charge in [-0.3, -0.25) is 14.4 Å². The molecule has 9 aliphatic rings. The Morgan fingerprint density at radius 2 is 1.54 bits per heavy atom. The molecular weight excluding hydrogens is 654 g/mol. The van der Waals surface area contributed by atoms with Gasteiger partial charge in [-0.25, -0.2) is 4.79 Å². The fourth-order valence-electron chi connectivity index (χ4n) is 13.5. The number of ether oxygens (including phenoxy) is 6. The van der Waals surface area contributed by atoms with Crippen LogP contribution in [0.25, 0.3) is 0 Å². The second-order valence-corrected chi connectivity index (χ2v) is 17.9. The van der Waals surface area contributed by atoms with Crippen LogP contribution in [0.3, 0.4) is 0 Å². The first-order valence-electron chi connectivity index (χ1n) is 18.3. The third-order valence-corrected chi connectivity index (χ3v) is 15.9. The maximum atomic E-state index is 13.9. The number of rotatable bonds is 4. The van der Waals surface area contributed by atoms with Crippen LogP contribution in [-0.4, -0.2) is 105 Å². The number of carbonyl (C=O) groups is 4. The van der Waals surface area contributed by atoms with E-state index < -0.39 is 142 Å². The zero-order valence-corrected chi connectivity index (χ0v) is 29.4. The average Bonchev–Trinajstić information content (AvgIpc) is 3.91. The van der Waals surface area contributed by atoms with E-state index in [9.17, 15) is 34.5 Å². The number of nitrogens with two attached hydrogens (primary N) is 1. The van der Waals surface area contributed by atoms with E-state index in [0.29, 0.717) is 19.3 Å². The molecule has 0 aromatic carbocycles. The number of hydrogen-bond donors (Lipinski definition) is 4. The largest absolute Gasteiger partial charge is 0.461 e. The lowest BCUT2D eigenvalue weighted by molar-refractivity contribution is -0.284. The van der Waals surface area contributed by atoms with Gasteiger partial charge in [-0.1, -0.05) is 20.8 Å². The van der Waals surface area contributed by atoms with Crippen LogP contribution < -0.4 is 5.73 Å². The summed E-state index contributed by atoms with van der Waals surface area (Å²) in [4.78, 5) is 53.7. The van der Waals surface area contributed by atoms with Crippen molar-refractivity contribution in [3.63, 3.8) is 0 Å². The molecule has 0 radical (unpaired) electrons. The zero-order chi connectivity index (χ0) is 36.0. The molecule has 0 aromatic rings. The van der Waals surface area contributed by atoms with Gasteiger partial charge in [0, 0.05) is 54.4 Å². The van der Waals surface area contributed by atoms with E-state index in [0.717, 1.165) is 0 Å². The van der Waals surface area contributed by atoms with Gasteiger partial charge in [0.15, 0.2) is 5.60 Å². The number of carbonyl (C=O) groups excluding carboxylic acids is 4. The van der Waals surface area contributed by atoms with Crippen LogP contribution in [0.1, 0.15) is 67.7 Å². The first kappa shape index (κ1) is 33.5. The number of aliphatic hydroxyl groups excluding tert-OH is 2. The summed E-state index contributed by atoms with van der Waals surface area (Å²) in [5.74, 6) is -9.12. The second-order valence-electron chi connectivity index (χ2n) is 17.9. The maximum Gasteiger partial charge on any atom is 0.341 e. The second kappa shape index (κ2) is 9.79. The molecule has 14 heteroatoms. The lowest BCUT2D eigenvalue weighted by Crippen LogP contribution is -2.76. The van der Waals surface area contributed by atoms with Gasteiger partial charge in [0.2, 0.25) is 5.79 Å². The molecule has 0 bridgehead atoms. The summed E-state index contributed by atoms with van der Waals surface area (Å²) in [6.07, 6.45) is -5.22. The summed E-state index contributed by atoms with van der Waals surface area (Å²) in [7, 11) is 0. The molecule has 2 unspecified atom stereocenters. The molecule has 3 saturated heterocycles. The molecule has 5 N–H and O–H groups in total. The van der Waals surface area contributed by atoms with Gasteiger partial charge in [-0.15, -0.1) is 0 Å². The quantitative estimate of drug-likeness (QED) is 0.175. The van der Waals surface area contributed by atoms with E-state index in [-0.39, 0.29) is 12.0 Å². The highest BCUT2D eigenvalue weighted by molar-refractivity contribution is 5.84. The SMILES string of the molecule is CC(=O)O[C@H]1C2C([C@@H](O)[C@H](N)[C@H]3C[C@@H]4O[C@@H]4[C@H](O)[C@]23C)[C@@H]2[C@@H](OC(=O)C3CC3)[C@@H]3[C@H]([C@H](C)[C@H]4O[C@]45OC(=O)[C@@](C)(O)[C@]35C)[C@@]2(C)[C@H]1OC(C)=O. The highest BCUT2D eigenvalue weighted by Gasteiger charge is 2.93. The van der Waals surface area contributed by atoms with Gasteiger partial charge in [0.25, 0.3) is 0 Å². The lowest BCUT2D eigenvalue weighted by Gasteiger charge is -2.67. The summed E-state index contributed by atoms with van der Waals surface area (Å²) in [5, 5.41) is 36.8. The Balaban J connectivity index is 1.31. The smallest absolute Gasteiger partial charge is 0.341 e. The Kier molecular flexibility index (Phi) is 6.55. The third-order valence-electron chi connectivity index (χ3n) is 15.9. The molecule has 276 valence electrons. The van der Waals surface area contributed by atoms with Crippen LogP contribution in [-0.2, 0) is 47.6 Å². The van der Waals surface area contributed by atoms with Crippen molar-refractivity contribution >= 4 is 23.9 Å². The van der Waals surface area contributed by atoms with Crippen molar-refractivity contribution in [3.8, 4) is 0 Å². The molecule has 0 amide bonds. The minimum absolute atomic E-state index is 0.226. The van der Waals surface area contributed by atoms with Crippen LogP contribution in [0.5, 0.6) is 0 Å². The van der Waals surface area contributed by atoms with E-state index in [1.54, 1.807) is 6.92 Å². The monoisotopic (exact) mass is 703 g/mol. The van der Waals surface area contributed by atoms with Crippen molar-refractivity contribution in [2.75, 3.05) is 0 Å². The first-order valence-corrected chi connectivity index (χ1v) is 18.3. The Bertz CT molecular complexity index is 1580. The van der Waals surface area contributed by atoms with Crippen LogP contribution >= 0.6 is 0 Å². The minimum Gasteiger partial charge on any atom is -0.461 e. The van der Waals surface area contributed by atoms with Crippen LogP contribution in [0, 0.1) is 63.6 Å². The normalized spacial score (nSPS) is 60.7. The highest BCUT2D eigenvalue weighted by Crippen LogP contribution is 2.81. The van der Waals surface area contributed by atoms with Crippen LogP contribution in [0.4, 0.5) is 0 Å². The van der Waals surface area contributed by atoms with Gasteiger partial charge in [0.1, 0.15) is 30.5 Å². The van der Waals surface area contributed by atoms with E-state index in [2.05, 4.69) is 0 Å². The highest BCUT2D eigenvalue weighted by atomic mass is 16.8. The number of epoxide rings is 2. The number of aliphatic hydroxyl groups is 3. The van der Waals surface area contributed by atoms with Gasteiger partial charge >= 0.3 is 23.9 Å². The predicted octanol–water partition coefficient (Wildman–Crippen LogP) is 0.201. The Morgan fingerprint density at radius 1 is 0.900 bits per heavy atom. The fourth-order valence-corrected chi connectivity index (χ4v) is 13.5. The number of fused-ring (bicyclic) bond motifs is 9. The Hall–Kier alpha value is -2.36. The molecule has 6 aliphatic carbocycles. The minimum atomic E-state index is -2.08. The van der Waals surface area contributed by atoms with Gasteiger partial charge in [-0.05, 0) is 50.9 Å². The number of esters is 4. The first-order chi connectivity index (χ1) is 23.3. The summed E-state index contributed by atoms with van der Waals surface area (Å²) in [6.45, 7) is 11.4. The molecule has 21 atom stereocenters. The molecule has 9 rings (SSSR count). The summed E-state index contributed by atoms with van der Waals surface area (Å²) < 4.78 is 37.3. The van der Waals surface area contributed by atoms with Gasteiger partial charge in [-0.2, -0.15) is 0 Å². The molecule has 3 heterocycles. The lowest BCUT2D eigenvalue weighted by atomic mass is 9.40. The standard InChI is InChI=1S/C36H49NO13/c1-11-18-21(34(6)35(7,44)31(43)50-36(34)28(11)49-36)25(48-30(42)14-8-9-14)19-17-20(26(45-12(2)38)29(33(18,19)5)46-13(3)39)32(4)15(22(37)23(17)40)10-16-24(47-16)27(32)41/h11,14-29,40-41,44H,8-10,37H2,1-7H3/t11-,15+,16-,17?,18-,19+,20?,21-,22+,23+,24-,25+,26-,27-,28+,29-,32-,33+,34-,35+,36-/m0/s1. The van der Waals surface area contributed by atoms with Crippen LogP contribution in [0.2, 0.25) is 0 Å². The summed E-state index contributed by atoms with van der Waals surface area (Å²) >= 11 is 0. The van der Waals surface area contributed by atoms with Crippen molar-refractivity contribution < 1.29 is 62.9 Å². The molecule has 9 fully saturated rings. The fraction of sp³-hybridized carbons (Fsp3) is 0.889. The van der Waals surface area contributed by atoms with Gasteiger partial charge < -0.3 is 49.5 Å². The zero-order valence-electron chi connectivity index (χ0n) is 29.4. The van der Waals surface area contributed by atoms with Crippen molar-refractivity contribution in [1.82, 2.24) is 0 Å². The molecule has 6 saturated carbocycles. The molecule has 0 aromatic heterocycles. The Morgan fingerprint density at radius 3 is 2.16 bits per heavy atom. The molecular formula is C36H49NO13. The van der Waals surface area contributed by atoms with Crippen molar-refractivity contribution in [2.45, 2.75) is 134 Å². The third kappa shape index (κ3) is 3.61. The van der Waals surface area contributed by atoms with E-state index in [1.807, 2.05) is 20.8 Å². The molecule has 14 nitrogen and oxygen atoms in total. The van der Waals surface area contributed by atoms with Crippen molar-refractivity contribution in [1.29, 1.82) is 0 Å². The van der Waals surface area contributed by atoms with E-state index in [1.165, 1.54) is 20.8 Å². The van der Waals surface area contributed by atoms with E-state index in [4.69, 9.17) is 34.2 Å². The van der Waals surface area contributed by atoms with Crippen LogP contribution in [0.15, 0.2) is 0 Å². The van der Waals surface area contributed by atoms with Crippen molar-refractivity contribution in [2.24, 2.45) is 69.3 Å². The predicted molar refractivity (Wildman–Crippen MR) is 166 cm³/mol.